The second-order valence-corrected chi connectivity index (χ2v) is 4.41. The molecule has 1 rings (SSSR count). The van der Waals surface area contributed by atoms with Gasteiger partial charge >= 0.3 is 5.97 Å². The minimum Gasteiger partial charge on any atom is -0.496 e. The van der Waals surface area contributed by atoms with Gasteiger partial charge in [0.25, 0.3) is 0 Å². The molecule has 0 amide bonds. The van der Waals surface area contributed by atoms with Gasteiger partial charge in [-0.1, -0.05) is 19.9 Å². The van der Waals surface area contributed by atoms with Crippen LogP contribution in [0, 0.1) is 12.8 Å². The van der Waals surface area contributed by atoms with Crippen LogP contribution in [0.5, 0.6) is 5.75 Å². The van der Waals surface area contributed by atoms with Crippen molar-refractivity contribution in [1.29, 1.82) is 0 Å². The first-order valence-electron chi connectivity index (χ1n) is 5.36. The molecule has 0 radical (unpaired) electrons. The summed E-state index contributed by atoms with van der Waals surface area (Å²) in [4.78, 5) is 11.1. The maximum atomic E-state index is 11.1. The van der Waals surface area contributed by atoms with Crippen LogP contribution in [0.1, 0.15) is 35.3 Å². The van der Waals surface area contributed by atoms with E-state index in [2.05, 4.69) is 13.8 Å². The maximum absolute atomic E-state index is 11.1. The van der Waals surface area contributed by atoms with Crippen LogP contribution in [0.25, 0.3) is 0 Å². The summed E-state index contributed by atoms with van der Waals surface area (Å²) in [5.41, 5.74) is 2.17. The summed E-state index contributed by atoms with van der Waals surface area (Å²) >= 11 is 0. The third kappa shape index (κ3) is 2.75. The Labute approximate surface area is 96.1 Å². The highest BCUT2D eigenvalue weighted by molar-refractivity contribution is 5.91. The van der Waals surface area contributed by atoms with Crippen LogP contribution in [-0.2, 0) is 6.42 Å². The zero-order valence-corrected chi connectivity index (χ0v) is 10.2. The fourth-order valence-electron chi connectivity index (χ4n) is 1.84. The molecule has 0 unspecified atom stereocenters. The first kappa shape index (κ1) is 12.6. The van der Waals surface area contributed by atoms with Crippen molar-refractivity contribution in [3.05, 3.63) is 28.8 Å². The molecule has 0 aromatic heterocycles. The van der Waals surface area contributed by atoms with E-state index in [0.717, 1.165) is 17.5 Å². The van der Waals surface area contributed by atoms with Crippen LogP contribution in [0.4, 0.5) is 0 Å². The minimum atomic E-state index is -0.939. The van der Waals surface area contributed by atoms with Crippen molar-refractivity contribution in [1.82, 2.24) is 0 Å². The monoisotopic (exact) mass is 222 g/mol. The van der Waals surface area contributed by atoms with Gasteiger partial charge in [0.15, 0.2) is 0 Å². The summed E-state index contributed by atoms with van der Waals surface area (Å²) < 4.78 is 5.21. The van der Waals surface area contributed by atoms with Crippen molar-refractivity contribution in [3.63, 3.8) is 0 Å². The number of ether oxygens (including phenoxy) is 1. The quantitative estimate of drug-likeness (QED) is 0.852. The fourth-order valence-corrected chi connectivity index (χ4v) is 1.84. The van der Waals surface area contributed by atoms with Crippen molar-refractivity contribution in [3.8, 4) is 5.75 Å². The Morgan fingerprint density at radius 1 is 1.44 bits per heavy atom. The summed E-state index contributed by atoms with van der Waals surface area (Å²) in [6.07, 6.45) is 0.825. The highest BCUT2D eigenvalue weighted by Gasteiger charge is 2.16. The third-order valence-corrected chi connectivity index (χ3v) is 2.37. The first-order valence-corrected chi connectivity index (χ1v) is 5.36. The fraction of sp³-hybridized carbons (Fsp3) is 0.462. The SMILES string of the molecule is COc1c(CC(C)C)cc(C)cc1C(=O)O. The van der Waals surface area contributed by atoms with E-state index in [0.29, 0.717) is 11.7 Å². The number of hydrogen-bond donors (Lipinski definition) is 1. The van der Waals surface area contributed by atoms with E-state index in [1.807, 2.05) is 13.0 Å². The highest BCUT2D eigenvalue weighted by Crippen LogP contribution is 2.27. The molecular weight excluding hydrogens is 204 g/mol. The van der Waals surface area contributed by atoms with Crippen LogP contribution in [0.2, 0.25) is 0 Å². The molecular formula is C13H18O3. The van der Waals surface area contributed by atoms with Gasteiger partial charge in [0, 0.05) is 0 Å². The molecule has 1 N–H and O–H groups in total. The number of benzene rings is 1. The Balaban J connectivity index is 3.30. The number of aromatic carboxylic acids is 1. The average molecular weight is 222 g/mol. The lowest BCUT2D eigenvalue weighted by Gasteiger charge is -2.14. The molecule has 0 atom stereocenters. The minimum absolute atomic E-state index is 0.248. The molecule has 1 aromatic carbocycles. The zero-order chi connectivity index (χ0) is 12.3. The van der Waals surface area contributed by atoms with E-state index < -0.39 is 5.97 Å². The predicted molar refractivity (Wildman–Crippen MR) is 63.2 cm³/mol. The van der Waals surface area contributed by atoms with Gasteiger partial charge in [0.2, 0.25) is 0 Å². The van der Waals surface area contributed by atoms with Crippen molar-refractivity contribution in [2.45, 2.75) is 27.2 Å². The predicted octanol–water partition coefficient (Wildman–Crippen LogP) is 2.90. The molecule has 1 aromatic rings. The largest absolute Gasteiger partial charge is 0.496 e. The molecule has 0 saturated heterocycles. The molecule has 0 aliphatic rings. The van der Waals surface area contributed by atoms with Gasteiger partial charge in [-0.15, -0.1) is 0 Å². The Morgan fingerprint density at radius 3 is 2.50 bits per heavy atom. The molecule has 0 heterocycles. The Hall–Kier alpha value is -1.51. The lowest BCUT2D eigenvalue weighted by molar-refractivity contribution is 0.0693. The van der Waals surface area contributed by atoms with E-state index >= 15 is 0 Å². The standard InChI is InChI=1S/C13H18O3/c1-8(2)5-10-6-9(3)7-11(13(14)15)12(10)16-4/h6-8H,5H2,1-4H3,(H,14,15). The third-order valence-electron chi connectivity index (χ3n) is 2.37. The van der Waals surface area contributed by atoms with Crippen molar-refractivity contribution >= 4 is 5.97 Å². The smallest absolute Gasteiger partial charge is 0.339 e. The number of aryl methyl sites for hydroxylation is 1. The molecule has 0 spiro atoms. The Kier molecular flexibility index (Phi) is 3.93. The molecule has 0 aliphatic heterocycles. The lowest BCUT2D eigenvalue weighted by Crippen LogP contribution is -2.06. The molecule has 0 aliphatic carbocycles. The van der Waals surface area contributed by atoms with Gasteiger partial charge in [-0.05, 0) is 36.5 Å². The Bertz CT molecular complexity index is 394. The normalized spacial score (nSPS) is 10.6. The van der Waals surface area contributed by atoms with Crippen LogP contribution < -0.4 is 4.74 Å². The van der Waals surface area contributed by atoms with Gasteiger partial charge in [-0.3, -0.25) is 0 Å². The van der Waals surface area contributed by atoms with Crippen LogP contribution >= 0.6 is 0 Å². The van der Waals surface area contributed by atoms with Gasteiger partial charge < -0.3 is 9.84 Å². The molecule has 0 fully saturated rings. The number of hydrogen-bond acceptors (Lipinski definition) is 2. The molecule has 3 nitrogen and oxygen atoms in total. The van der Waals surface area contributed by atoms with Gasteiger partial charge in [-0.25, -0.2) is 4.79 Å². The second kappa shape index (κ2) is 5.01. The summed E-state index contributed by atoms with van der Waals surface area (Å²) in [6, 6.07) is 3.64. The first-order chi connectivity index (χ1) is 7.45. The van der Waals surface area contributed by atoms with E-state index in [4.69, 9.17) is 9.84 Å². The van der Waals surface area contributed by atoms with Crippen molar-refractivity contribution in [2.75, 3.05) is 7.11 Å². The average Bonchev–Trinajstić information content (AvgIpc) is 2.15. The molecule has 0 bridgehead atoms. The summed E-state index contributed by atoms with van der Waals surface area (Å²) in [7, 11) is 1.51. The van der Waals surface area contributed by atoms with Crippen LogP contribution in [0.3, 0.4) is 0 Å². The van der Waals surface area contributed by atoms with Crippen LogP contribution in [-0.4, -0.2) is 18.2 Å². The van der Waals surface area contributed by atoms with Crippen LogP contribution in [0.15, 0.2) is 12.1 Å². The van der Waals surface area contributed by atoms with E-state index in [1.54, 1.807) is 6.07 Å². The molecule has 3 heteroatoms. The number of methoxy groups -OCH3 is 1. The number of carboxylic acid groups (broad SMARTS) is 1. The molecule has 16 heavy (non-hydrogen) atoms. The number of rotatable bonds is 4. The van der Waals surface area contributed by atoms with Gasteiger partial charge in [0.1, 0.15) is 11.3 Å². The maximum Gasteiger partial charge on any atom is 0.339 e. The molecule has 0 saturated carbocycles. The van der Waals surface area contributed by atoms with E-state index in [1.165, 1.54) is 7.11 Å². The topological polar surface area (TPSA) is 46.5 Å². The zero-order valence-electron chi connectivity index (χ0n) is 10.2. The van der Waals surface area contributed by atoms with Crippen molar-refractivity contribution in [2.24, 2.45) is 5.92 Å². The lowest BCUT2D eigenvalue weighted by atomic mass is 9.97. The second-order valence-electron chi connectivity index (χ2n) is 4.41. The summed E-state index contributed by atoms with van der Waals surface area (Å²) in [5.74, 6) is 0.0229. The van der Waals surface area contributed by atoms with Crippen molar-refractivity contribution < 1.29 is 14.6 Å². The number of carboxylic acids is 1. The van der Waals surface area contributed by atoms with E-state index in [-0.39, 0.29) is 5.56 Å². The highest BCUT2D eigenvalue weighted by atomic mass is 16.5. The number of carbonyl (C=O) groups is 1. The van der Waals surface area contributed by atoms with Gasteiger partial charge in [0.05, 0.1) is 7.11 Å². The van der Waals surface area contributed by atoms with Gasteiger partial charge in [-0.2, -0.15) is 0 Å². The Morgan fingerprint density at radius 2 is 2.06 bits per heavy atom. The molecule has 88 valence electrons. The van der Waals surface area contributed by atoms with E-state index in [9.17, 15) is 4.79 Å². The summed E-state index contributed by atoms with van der Waals surface area (Å²) in [5, 5.41) is 9.10. The summed E-state index contributed by atoms with van der Waals surface area (Å²) in [6.45, 7) is 6.10.